The average Bonchev–Trinajstić information content (AvgIpc) is 2.62. The Bertz CT molecular complexity index is 438. The summed E-state index contributed by atoms with van der Waals surface area (Å²) in [6.45, 7) is 3.37. The minimum atomic E-state index is -4.62. The fraction of sp³-hybridized carbons (Fsp3) is 1.00. The molecule has 6 heteroatoms. The molecule has 0 amide bonds. The van der Waals surface area contributed by atoms with Crippen molar-refractivity contribution in [3.63, 3.8) is 0 Å². The van der Waals surface area contributed by atoms with Gasteiger partial charge in [-0.05, 0) is 19.8 Å². The van der Waals surface area contributed by atoms with Crippen molar-refractivity contribution in [2.75, 3.05) is 0 Å². The summed E-state index contributed by atoms with van der Waals surface area (Å²) in [6.07, 6.45) is 24.3. The van der Waals surface area contributed by atoms with Crippen LogP contribution in [0.4, 0.5) is 0 Å². The van der Waals surface area contributed by atoms with E-state index in [4.69, 9.17) is 0 Å². The van der Waals surface area contributed by atoms with Crippen molar-refractivity contribution in [2.24, 2.45) is 0 Å². The first-order chi connectivity index (χ1) is 13.3. The van der Waals surface area contributed by atoms with Crippen molar-refractivity contribution in [3.8, 4) is 0 Å². The van der Waals surface area contributed by atoms with E-state index in [0.717, 1.165) is 26.2 Å². The van der Waals surface area contributed by atoms with Crippen LogP contribution in [0.5, 0.6) is 0 Å². The van der Waals surface area contributed by atoms with E-state index in [1.807, 2.05) is 0 Å². The van der Waals surface area contributed by atoms with Crippen molar-refractivity contribution in [3.05, 3.63) is 0 Å². The van der Waals surface area contributed by atoms with Gasteiger partial charge in [-0.1, -0.05) is 122 Å². The Morgan fingerprint density at radius 1 is 0.621 bits per heavy atom. The van der Waals surface area contributed by atoms with E-state index in [1.54, 1.807) is 0 Å². The van der Waals surface area contributed by atoms with Crippen molar-refractivity contribution in [1.82, 2.24) is 0 Å². The molecule has 0 aliphatic rings. The molecule has 0 aromatic carbocycles. The van der Waals surface area contributed by atoms with Crippen molar-refractivity contribution in [1.29, 1.82) is 0 Å². The molecular weight excluding hydrogens is 411 g/mol. The Morgan fingerprint density at radius 3 is 1.10 bits per heavy atom. The summed E-state index contributed by atoms with van der Waals surface area (Å²) >= 11 is 0. The van der Waals surface area contributed by atoms with E-state index in [1.165, 1.54) is 96.3 Å². The van der Waals surface area contributed by atoms with Crippen LogP contribution < -0.4 is 51.4 Å². The summed E-state index contributed by atoms with van der Waals surface area (Å²) in [5.74, 6) is 0. The van der Waals surface area contributed by atoms with Crippen LogP contribution in [0.3, 0.4) is 0 Å². The van der Waals surface area contributed by atoms with Gasteiger partial charge in [0.1, 0.15) is 10.1 Å². The molecule has 0 aromatic rings. The van der Waals surface area contributed by atoms with Gasteiger partial charge in [-0.2, -0.15) is 0 Å². The van der Waals surface area contributed by atoms with Gasteiger partial charge in [0, 0.05) is 0 Å². The molecule has 0 fully saturated rings. The maximum Gasteiger partial charge on any atom is 1.00 e. The van der Waals surface area contributed by atoms with Crippen molar-refractivity contribution < 1.29 is 69.5 Å². The zero-order chi connectivity index (χ0) is 21.1. The predicted molar refractivity (Wildman–Crippen MR) is 118 cm³/mol. The second kappa shape index (κ2) is 21.4. The van der Waals surface area contributed by atoms with Crippen LogP contribution in [0.1, 0.15) is 142 Å². The first kappa shape index (κ1) is 32.7. The van der Waals surface area contributed by atoms with Gasteiger partial charge in [-0.3, -0.25) is 0 Å². The fourth-order valence-electron chi connectivity index (χ4n) is 3.66. The molecule has 1 unspecified atom stereocenters. The molecule has 170 valence electrons. The Morgan fingerprint density at radius 2 is 0.862 bits per heavy atom. The summed E-state index contributed by atoms with van der Waals surface area (Å²) in [7, 11) is -4.62. The standard InChI is InChI=1S/C23H48O4S.K/c1-3-4-5-6-7-8-9-10-11-12-13-14-15-16-17-18-19-20-21-22-23(2,24)28(25,26)27;/h24H,3-22H2,1-2H3,(H,25,26,27);/q;+1/p-1. The van der Waals surface area contributed by atoms with E-state index >= 15 is 0 Å². The molecule has 1 atom stereocenters. The van der Waals surface area contributed by atoms with Crippen LogP contribution in [0.2, 0.25) is 0 Å². The third kappa shape index (κ3) is 21.1. The third-order valence-electron chi connectivity index (χ3n) is 5.78. The summed E-state index contributed by atoms with van der Waals surface area (Å²) in [6, 6.07) is 0. The van der Waals surface area contributed by atoms with E-state index in [9.17, 15) is 18.1 Å². The number of rotatable bonds is 21. The third-order valence-corrected chi connectivity index (χ3v) is 7.06. The topological polar surface area (TPSA) is 77.4 Å². The Balaban J connectivity index is 0. The van der Waals surface area contributed by atoms with Crippen LogP contribution in [0, 0.1) is 0 Å². The fourth-order valence-corrected chi connectivity index (χ4v) is 4.05. The molecule has 29 heavy (non-hydrogen) atoms. The first-order valence-corrected chi connectivity index (χ1v) is 13.4. The molecule has 0 bridgehead atoms. The van der Waals surface area contributed by atoms with Crippen LogP contribution in [0.15, 0.2) is 0 Å². The van der Waals surface area contributed by atoms with Crippen molar-refractivity contribution >= 4 is 10.1 Å². The van der Waals surface area contributed by atoms with Gasteiger partial charge in [0.05, 0.1) is 0 Å². The molecular formula is C23H47KO4S. The molecule has 0 saturated heterocycles. The maximum absolute atomic E-state index is 10.9. The zero-order valence-electron chi connectivity index (χ0n) is 19.7. The molecule has 0 aliphatic heterocycles. The summed E-state index contributed by atoms with van der Waals surface area (Å²) in [5.41, 5.74) is 0. The number of hydrogen-bond acceptors (Lipinski definition) is 4. The predicted octanol–water partition coefficient (Wildman–Crippen LogP) is 4.07. The van der Waals surface area contributed by atoms with Gasteiger partial charge in [0.25, 0.3) is 0 Å². The van der Waals surface area contributed by atoms with Gasteiger partial charge in [-0.25, -0.2) is 8.42 Å². The van der Waals surface area contributed by atoms with Crippen LogP contribution in [-0.2, 0) is 10.1 Å². The van der Waals surface area contributed by atoms with Crippen LogP contribution in [0.25, 0.3) is 0 Å². The SMILES string of the molecule is CCCCCCCCCCCCCCCCCCCCCC(C)(O)S(=O)(=O)[O-].[K+]. The zero-order valence-corrected chi connectivity index (χ0v) is 23.7. The van der Waals surface area contributed by atoms with Crippen molar-refractivity contribution in [2.45, 2.75) is 147 Å². The molecule has 0 spiro atoms. The quantitative estimate of drug-likeness (QED) is 0.160. The molecule has 0 aromatic heterocycles. The van der Waals surface area contributed by atoms with Crippen LogP contribution >= 0.6 is 0 Å². The maximum atomic E-state index is 10.9. The minimum absolute atomic E-state index is 0. The van der Waals surface area contributed by atoms with Gasteiger partial charge in [0.15, 0.2) is 4.93 Å². The number of aliphatic hydroxyl groups is 1. The molecule has 0 aliphatic carbocycles. The van der Waals surface area contributed by atoms with Gasteiger partial charge >= 0.3 is 51.4 Å². The summed E-state index contributed by atoms with van der Waals surface area (Å²) in [5, 5.41) is 9.59. The minimum Gasteiger partial charge on any atom is -0.746 e. The number of unbranched alkanes of at least 4 members (excludes halogenated alkanes) is 18. The molecule has 0 heterocycles. The van der Waals surface area contributed by atoms with E-state index in [-0.39, 0.29) is 57.8 Å². The van der Waals surface area contributed by atoms with Gasteiger partial charge in [0.2, 0.25) is 0 Å². The van der Waals surface area contributed by atoms with Crippen LogP contribution in [-0.4, -0.2) is 23.0 Å². The summed E-state index contributed by atoms with van der Waals surface area (Å²) in [4.78, 5) is -2.11. The smallest absolute Gasteiger partial charge is 0.746 e. The Labute approximate surface area is 224 Å². The average molecular weight is 459 g/mol. The monoisotopic (exact) mass is 458 g/mol. The number of hydrogen-bond donors (Lipinski definition) is 1. The van der Waals surface area contributed by atoms with Gasteiger partial charge in [-0.15, -0.1) is 0 Å². The molecule has 0 saturated carbocycles. The van der Waals surface area contributed by atoms with Gasteiger partial charge < -0.3 is 9.66 Å². The molecule has 4 nitrogen and oxygen atoms in total. The second-order valence-electron chi connectivity index (χ2n) is 8.74. The Kier molecular flexibility index (Phi) is 24.1. The normalized spacial score (nSPS) is 13.8. The molecule has 0 radical (unpaired) electrons. The summed E-state index contributed by atoms with van der Waals surface area (Å²) < 4.78 is 32.6. The Hall–Kier alpha value is 1.51. The van der Waals surface area contributed by atoms with E-state index in [0.29, 0.717) is 6.42 Å². The largest absolute Gasteiger partial charge is 1.00 e. The van der Waals surface area contributed by atoms with E-state index < -0.39 is 15.1 Å². The second-order valence-corrected chi connectivity index (χ2v) is 10.5. The van der Waals surface area contributed by atoms with E-state index in [2.05, 4.69) is 6.92 Å². The molecule has 0 rings (SSSR count). The molecule has 1 N–H and O–H groups in total. The first-order valence-electron chi connectivity index (χ1n) is 12.0.